The zero-order valence-corrected chi connectivity index (χ0v) is 16.0. The Bertz CT molecular complexity index is 772. The first kappa shape index (κ1) is 20.9. The Kier molecular flexibility index (Phi) is 7.38. The van der Waals surface area contributed by atoms with E-state index >= 15 is 0 Å². The summed E-state index contributed by atoms with van der Waals surface area (Å²) in [7, 11) is 3.39. The van der Waals surface area contributed by atoms with Crippen LogP contribution in [0.4, 0.5) is 14.5 Å². The van der Waals surface area contributed by atoms with E-state index in [1.165, 1.54) is 19.2 Å². The summed E-state index contributed by atoms with van der Waals surface area (Å²) in [6, 6.07) is 11.0. The highest BCUT2D eigenvalue weighted by atomic mass is 35.5. The molecular formula is C19H22ClF2N2O3+. The fourth-order valence-corrected chi connectivity index (χ4v) is 2.68. The summed E-state index contributed by atoms with van der Waals surface area (Å²) in [5.74, 6) is 0.434. The largest absolute Gasteiger partial charge is 0.495 e. The molecule has 0 saturated carbocycles. The molecule has 27 heavy (non-hydrogen) atoms. The number of halogens is 3. The van der Waals surface area contributed by atoms with Crippen molar-refractivity contribution in [1.82, 2.24) is 0 Å². The summed E-state index contributed by atoms with van der Waals surface area (Å²) in [6.45, 7) is -0.511. The topological polar surface area (TPSA) is 52.0 Å². The van der Waals surface area contributed by atoms with Gasteiger partial charge < -0.3 is 19.7 Å². The highest BCUT2D eigenvalue weighted by Gasteiger charge is 2.23. The van der Waals surface area contributed by atoms with Crippen LogP contribution in [0.3, 0.4) is 0 Å². The lowest BCUT2D eigenvalue weighted by Gasteiger charge is -2.22. The lowest BCUT2D eigenvalue weighted by molar-refractivity contribution is -0.907. The minimum atomic E-state index is -2.85. The maximum absolute atomic E-state index is 12.6. The van der Waals surface area contributed by atoms with Crippen molar-refractivity contribution in [3.63, 3.8) is 0 Å². The standard InChI is InChI=1S/C19H21ClF2N2O3/c1-12(18(25)23-16-10-14(20)6-9-17(16)26-3)24(2)11-13-4-7-15(8-5-13)27-19(21)22/h4-10,12,19H,11H2,1-3H3,(H,23,25)/p+1/t12-/m0/s1. The number of carbonyl (C=O) groups is 1. The number of rotatable bonds is 8. The van der Waals surface area contributed by atoms with Gasteiger partial charge in [0.15, 0.2) is 6.04 Å². The molecule has 0 fully saturated rings. The molecule has 0 saturated heterocycles. The van der Waals surface area contributed by atoms with Crippen LogP contribution in [-0.2, 0) is 11.3 Å². The SMILES string of the molecule is COc1ccc(Cl)cc1NC(=O)[C@H](C)[NH+](C)Cc1ccc(OC(F)F)cc1. The van der Waals surface area contributed by atoms with E-state index in [1.54, 1.807) is 37.3 Å². The van der Waals surface area contributed by atoms with E-state index in [0.717, 1.165) is 10.5 Å². The van der Waals surface area contributed by atoms with Gasteiger partial charge in [0.05, 0.1) is 19.8 Å². The van der Waals surface area contributed by atoms with Crippen LogP contribution in [0, 0.1) is 0 Å². The summed E-state index contributed by atoms with van der Waals surface area (Å²) >= 11 is 5.98. The van der Waals surface area contributed by atoms with Gasteiger partial charge in [-0.3, -0.25) is 4.79 Å². The molecule has 1 amide bonds. The monoisotopic (exact) mass is 399 g/mol. The number of methoxy groups -OCH3 is 1. The van der Waals surface area contributed by atoms with Crippen molar-refractivity contribution < 1.29 is 27.9 Å². The Hall–Kier alpha value is -2.38. The number of ether oxygens (including phenoxy) is 2. The zero-order chi connectivity index (χ0) is 20.0. The van der Waals surface area contributed by atoms with E-state index in [9.17, 15) is 13.6 Å². The molecule has 2 aromatic carbocycles. The molecule has 0 radical (unpaired) electrons. The minimum absolute atomic E-state index is 0.102. The zero-order valence-electron chi connectivity index (χ0n) is 15.3. The molecule has 0 aliphatic carbocycles. The molecule has 2 rings (SSSR count). The first-order valence-corrected chi connectivity index (χ1v) is 8.68. The molecule has 0 heterocycles. The van der Waals surface area contributed by atoms with Crippen LogP contribution < -0.4 is 19.7 Å². The van der Waals surface area contributed by atoms with Crippen molar-refractivity contribution in [3.05, 3.63) is 53.1 Å². The average molecular weight is 400 g/mol. The van der Waals surface area contributed by atoms with Gasteiger partial charge in [-0.15, -0.1) is 0 Å². The van der Waals surface area contributed by atoms with Crippen molar-refractivity contribution in [2.24, 2.45) is 0 Å². The third-order valence-electron chi connectivity index (χ3n) is 4.18. The molecule has 0 aromatic heterocycles. The molecule has 0 aliphatic rings. The molecule has 8 heteroatoms. The van der Waals surface area contributed by atoms with Crippen LogP contribution >= 0.6 is 11.6 Å². The number of carbonyl (C=O) groups excluding carboxylic acids is 1. The minimum Gasteiger partial charge on any atom is -0.495 e. The van der Waals surface area contributed by atoms with Crippen molar-refractivity contribution in [3.8, 4) is 11.5 Å². The van der Waals surface area contributed by atoms with E-state index in [0.29, 0.717) is 23.0 Å². The molecule has 0 spiro atoms. The van der Waals surface area contributed by atoms with Crippen molar-refractivity contribution >= 4 is 23.2 Å². The fourth-order valence-electron chi connectivity index (χ4n) is 2.51. The lowest BCUT2D eigenvalue weighted by atomic mass is 10.1. The summed E-state index contributed by atoms with van der Waals surface area (Å²) in [5, 5.41) is 3.32. The number of nitrogens with one attached hydrogen (secondary N) is 2. The van der Waals surface area contributed by atoms with Crippen LogP contribution in [0.25, 0.3) is 0 Å². The van der Waals surface area contributed by atoms with Crippen LogP contribution in [0.15, 0.2) is 42.5 Å². The van der Waals surface area contributed by atoms with Gasteiger partial charge >= 0.3 is 6.61 Å². The normalized spacial score (nSPS) is 13.1. The van der Waals surface area contributed by atoms with Crippen LogP contribution in [-0.4, -0.2) is 32.7 Å². The first-order valence-electron chi connectivity index (χ1n) is 8.30. The predicted molar refractivity (Wildman–Crippen MR) is 99.8 cm³/mol. The van der Waals surface area contributed by atoms with E-state index in [-0.39, 0.29) is 17.7 Å². The molecule has 2 atom stereocenters. The van der Waals surface area contributed by atoms with E-state index in [2.05, 4.69) is 10.1 Å². The van der Waals surface area contributed by atoms with Gasteiger partial charge in [-0.05, 0) is 49.4 Å². The van der Waals surface area contributed by atoms with Crippen molar-refractivity contribution in [1.29, 1.82) is 0 Å². The fraction of sp³-hybridized carbons (Fsp3) is 0.316. The molecule has 0 aliphatic heterocycles. The summed E-state index contributed by atoms with van der Waals surface area (Å²) in [5.41, 5.74) is 1.40. The number of quaternary nitrogens is 1. The van der Waals surface area contributed by atoms with Gasteiger partial charge in [0, 0.05) is 10.6 Å². The highest BCUT2D eigenvalue weighted by Crippen LogP contribution is 2.27. The maximum Gasteiger partial charge on any atom is 0.387 e. The van der Waals surface area contributed by atoms with Gasteiger partial charge in [-0.1, -0.05) is 11.6 Å². The summed E-state index contributed by atoms with van der Waals surface area (Å²) in [6.07, 6.45) is 0. The van der Waals surface area contributed by atoms with E-state index < -0.39 is 6.61 Å². The Morgan fingerprint density at radius 3 is 2.48 bits per heavy atom. The molecule has 146 valence electrons. The van der Waals surface area contributed by atoms with Crippen molar-refractivity contribution in [2.75, 3.05) is 19.5 Å². The van der Waals surface area contributed by atoms with Gasteiger partial charge in [-0.2, -0.15) is 8.78 Å². The first-order chi connectivity index (χ1) is 12.8. The Balaban J connectivity index is 1.99. The van der Waals surface area contributed by atoms with Crippen LogP contribution in [0.1, 0.15) is 12.5 Å². The number of benzene rings is 2. The van der Waals surface area contributed by atoms with Crippen LogP contribution in [0.2, 0.25) is 5.02 Å². The van der Waals surface area contributed by atoms with Gasteiger partial charge in [0.1, 0.15) is 18.0 Å². The second-order valence-corrected chi connectivity index (χ2v) is 6.54. The van der Waals surface area contributed by atoms with Crippen molar-refractivity contribution in [2.45, 2.75) is 26.1 Å². The van der Waals surface area contributed by atoms with E-state index in [4.69, 9.17) is 16.3 Å². The van der Waals surface area contributed by atoms with E-state index in [1.807, 2.05) is 7.05 Å². The maximum atomic E-state index is 12.6. The smallest absolute Gasteiger partial charge is 0.387 e. The molecule has 2 N–H and O–H groups in total. The lowest BCUT2D eigenvalue weighted by Crippen LogP contribution is -3.12. The number of alkyl halides is 2. The molecular weight excluding hydrogens is 378 g/mol. The van der Waals surface area contributed by atoms with Gasteiger partial charge in [-0.25, -0.2) is 0 Å². The molecule has 1 unspecified atom stereocenters. The van der Waals surface area contributed by atoms with Gasteiger partial charge in [0.2, 0.25) is 0 Å². The number of likely N-dealkylation sites (N-methyl/N-ethyl adjacent to an activating group) is 1. The Morgan fingerprint density at radius 2 is 1.89 bits per heavy atom. The van der Waals surface area contributed by atoms with Gasteiger partial charge in [0.25, 0.3) is 5.91 Å². The quantitative estimate of drug-likeness (QED) is 0.717. The summed E-state index contributed by atoms with van der Waals surface area (Å²) in [4.78, 5) is 13.5. The molecule has 2 aromatic rings. The third-order valence-corrected chi connectivity index (χ3v) is 4.42. The number of anilines is 1. The second kappa shape index (κ2) is 9.53. The predicted octanol–water partition coefficient (Wildman–Crippen LogP) is 2.99. The number of hydrogen-bond acceptors (Lipinski definition) is 3. The average Bonchev–Trinajstić information content (AvgIpc) is 2.62. The number of hydrogen-bond donors (Lipinski definition) is 2. The third kappa shape index (κ3) is 6.08. The Labute approximate surface area is 161 Å². The van der Waals surface area contributed by atoms with Crippen LogP contribution in [0.5, 0.6) is 11.5 Å². The molecule has 0 bridgehead atoms. The summed E-state index contributed by atoms with van der Waals surface area (Å²) < 4.78 is 34.0. The second-order valence-electron chi connectivity index (χ2n) is 6.10. The highest BCUT2D eigenvalue weighted by molar-refractivity contribution is 6.31. The Morgan fingerprint density at radius 1 is 1.22 bits per heavy atom. The number of amides is 1. The molecule has 5 nitrogen and oxygen atoms in total.